The maximum atomic E-state index is 13.2. The first-order valence-corrected chi connectivity index (χ1v) is 11.8. The van der Waals surface area contributed by atoms with Gasteiger partial charge in [0, 0.05) is 24.0 Å². The summed E-state index contributed by atoms with van der Waals surface area (Å²) in [4.78, 5) is 27.8. The van der Waals surface area contributed by atoms with E-state index in [1.54, 1.807) is 11.0 Å². The van der Waals surface area contributed by atoms with Gasteiger partial charge < -0.3 is 15.0 Å². The van der Waals surface area contributed by atoms with Crippen LogP contribution in [0, 0.1) is 6.92 Å². The van der Waals surface area contributed by atoms with Crippen molar-refractivity contribution < 1.29 is 14.3 Å². The van der Waals surface area contributed by atoms with Crippen LogP contribution in [0.15, 0.2) is 48.5 Å². The predicted molar refractivity (Wildman–Crippen MR) is 130 cm³/mol. The van der Waals surface area contributed by atoms with Gasteiger partial charge in [-0.3, -0.25) is 9.59 Å². The summed E-state index contributed by atoms with van der Waals surface area (Å²) in [5.41, 5.74) is 2.00. The summed E-state index contributed by atoms with van der Waals surface area (Å²) in [5.74, 6) is 0.581. The Hall–Kier alpha value is -2.53. The van der Waals surface area contributed by atoms with Crippen LogP contribution in [0.3, 0.4) is 0 Å². The van der Waals surface area contributed by atoms with Crippen molar-refractivity contribution >= 4 is 23.4 Å². The summed E-state index contributed by atoms with van der Waals surface area (Å²) in [5, 5.41) is 3.61. The zero-order chi connectivity index (χ0) is 23.5. The van der Waals surface area contributed by atoms with E-state index in [4.69, 9.17) is 16.3 Å². The molecule has 0 unspecified atom stereocenters. The van der Waals surface area contributed by atoms with Gasteiger partial charge in [0.05, 0.1) is 6.61 Å². The lowest BCUT2D eigenvalue weighted by atomic mass is 10.1. The minimum atomic E-state index is -0.550. The number of hydrogen-bond donors (Lipinski definition) is 1. The molecule has 6 heteroatoms. The molecule has 2 aromatic carbocycles. The van der Waals surface area contributed by atoms with Crippen molar-refractivity contribution in [3.63, 3.8) is 0 Å². The van der Waals surface area contributed by atoms with Crippen molar-refractivity contribution in [3.05, 3.63) is 64.7 Å². The maximum absolute atomic E-state index is 13.2. The number of carbonyl (C=O) groups is 2. The van der Waals surface area contributed by atoms with E-state index in [-0.39, 0.29) is 17.9 Å². The zero-order valence-electron chi connectivity index (χ0n) is 19.6. The van der Waals surface area contributed by atoms with E-state index in [0.717, 1.165) is 17.7 Å². The molecular formula is C26H35ClN2O3. The number of aryl methyl sites for hydroxylation is 1. The van der Waals surface area contributed by atoms with Gasteiger partial charge in [-0.05, 0) is 56.9 Å². The smallest absolute Gasteiger partial charge is 0.243 e. The Labute approximate surface area is 197 Å². The average molecular weight is 459 g/mol. The van der Waals surface area contributed by atoms with Crippen molar-refractivity contribution in [3.8, 4) is 5.75 Å². The summed E-state index contributed by atoms with van der Waals surface area (Å²) in [6.45, 7) is 8.67. The molecule has 2 aromatic rings. The predicted octanol–water partition coefficient (Wildman–Crippen LogP) is 5.53. The largest absolute Gasteiger partial charge is 0.494 e. The second-order valence-electron chi connectivity index (χ2n) is 8.12. The van der Waals surface area contributed by atoms with Crippen LogP contribution in [0.25, 0.3) is 0 Å². The molecule has 0 aromatic heterocycles. The first-order chi connectivity index (χ1) is 15.3. The Morgan fingerprint density at radius 2 is 1.75 bits per heavy atom. The number of ether oxygens (including phenoxy) is 1. The SMILES string of the molecule is CC[C@@H](C)NC(=O)[C@@H](CC)N(Cc1ccccc1Cl)C(=O)CCCOc1ccc(C)cc1. The molecule has 0 fully saturated rings. The average Bonchev–Trinajstić information content (AvgIpc) is 2.78. The van der Waals surface area contributed by atoms with E-state index < -0.39 is 6.04 Å². The van der Waals surface area contributed by atoms with Crippen molar-refractivity contribution in [2.24, 2.45) is 0 Å². The van der Waals surface area contributed by atoms with Gasteiger partial charge in [-0.2, -0.15) is 0 Å². The van der Waals surface area contributed by atoms with Crippen LogP contribution in [0.4, 0.5) is 0 Å². The highest BCUT2D eigenvalue weighted by Crippen LogP contribution is 2.21. The third kappa shape index (κ3) is 7.86. The van der Waals surface area contributed by atoms with Crippen LogP contribution in [-0.2, 0) is 16.1 Å². The van der Waals surface area contributed by atoms with Crippen LogP contribution < -0.4 is 10.1 Å². The molecule has 2 atom stereocenters. The molecule has 0 aliphatic rings. The highest BCUT2D eigenvalue weighted by molar-refractivity contribution is 6.31. The Morgan fingerprint density at radius 3 is 2.38 bits per heavy atom. The molecular weight excluding hydrogens is 424 g/mol. The topological polar surface area (TPSA) is 58.6 Å². The first kappa shape index (κ1) is 25.7. The summed E-state index contributed by atoms with van der Waals surface area (Å²) < 4.78 is 5.76. The van der Waals surface area contributed by atoms with E-state index >= 15 is 0 Å². The number of hydrogen-bond acceptors (Lipinski definition) is 3. The number of halogens is 1. The van der Waals surface area contributed by atoms with Gasteiger partial charge in [-0.15, -0.1) is 0 Å². The van der Waals surface area contributed by atoms with Crippen LogP contribution >= 0.6 is 11.6 Å². The summed E-state index contributed by atoms with van der Waals surface area (Å²) >= 11 is 6.35. The number of nitrogens with one attached hydrogen (secondary N) is 1. The number of amides is 2. The number of nitrogens with zero attached hydrogens (tertiary/aromatic N) is 1. The molecule has 0 saturated heterocycles. The maximum Gasteiger partial charge on any atom is 0.243 e. The number of carbonyl (C=O) groups excluding carboxylic acids is 2. The third-order valence-corrected chi connectivity index (χ3v) is 5.88. The molecule has 2 rings (SSSR count). The Morgan fingerprint density at radius 1 is 1.06 bits per heavy atom. The van der Waals surface area contributed by atoms with E-state index in [9.17, 15) is 9.59 Å². The van der Waals surface area contributed by atoms with Gasteiger partial charge >= 0.3 is 0 Å². The Bertz CT molecular complexity index is 870. The van der Waals surface area contributed by atoms with E-state index in [1.165, 1.54) is 5.56 Å². The standard InChI is InChI=1S/C26H35ClN2O3/c1-5-20(4)28-26(31)24(6-2)29(18-21-10-7-8-11-23(21)27)25(30)12-9-17-32-22-15-13-19(3)14-16-22/h7-8,10-11,13-16,20,24H,5-6,9,12,17-18H2,1-4H3,(H,28,31)/t20-,24-/m1/s1. The highest BCUT2D eigenvalue weighted by atomic mass is 35.5. The summed E-state index contributed by atoms with van der Waals surface area (Å²) in [6, 6.07) is 14.8. The normalized spacial score (nSPS) is 12.7. The molecule has 1 N–H and O–H groups in total. The molecule has 2 amide bonds. The third-order valence-electron chi connectivity index (χ3n) is 5.51. The molecule has 0 aliphatic heterocycles. The van der Waals surface area contributed by atoms with Crippen LogP contribution in [0.2, 0.25) is 5.02 Å². The van der Waals surface area contributed by atoms with E-state index in [0.29, 0.717) is 37.4 Å². The van der Waals surface area contributed by atoms with Crippen molar-refractivity contribution in [2.45, 2.75) is 72.0 Å². The van der Waals surface area contributed by atoms with Crippen LogP contribution in [-0.4, -0.2) is 35.4 Å². The molecule has 5 nitrogen and oxygen atoms in total. The second-order valence-corrected chi connectivity index (χ2v) is 8.53. The monoisotopic (exact) mass is 458 g/mol. The first-order valence-electron chi connectivity index (χ1n) is 11.4. The van der Waals surface area contributed by atoms with Gasteiger partial charge in [0.15, 0.2) is 0 Å². The van der Waals surface area contributed by atoms with E-state index in [1.807, 2.05) is 70.2 Å². The minimum absolute atomic E-state index is 0.0525. The number of benzene rings is 2. The fourth-order valence-electron chi connectivity index (χ4n) is 3.36. The van der Waals surface area contributed by atoms with Crippen LogP contribution in [0.1, 0.15) is 57.6 Å². The molecule has 0 heterocycles. The molecule has 0 saturated carbocycles. The summed E-state index contributed by atoms with van der Waals surface area (Å²) in [7, 11) is 0. The lowest BCUT2D eigenvalue weighted by Gasteiger charge is -2.31. The van der Waals surface area contributed by atoms with E-state index in [2.05, 4.69) is 5.32 Å². The molecule has 0 bridgehead atoms. The fraction of sp³-hybridized carbons (Fsp3) is 0.462. The molecule has 174 valence electrons. The quantitative estimate of drug-likeness (QED) is 0.425. The van der Waals surface area contributed by atoms with Gasteiger partial charge in [-0.1, -0.05) is 61.3 Å². The van der Waals surface area contributed by atoms with Gasteiger partial charge in [0.1, 0.15) is 11.8 Å². The van der Waals surface area contributed by atoms with Crippen molar-refractivity contribution in [1.82, 2.24) is 10.2 Å². The van der Waals surface area contributed by atoms with Gasteiger partial charge in [0.25, 0.3) is 0 Å². The van der Waals surface area contributed by atoms with Gasteiger partial charge in [-0.25, -0.2) is 0 Å². The molecule has 0 aliphatic carbocycles. The molecule has 32 heavy (non-hydrogen) atoms. The minimum Gasteiger partial charge on any atom is -0.494 e. The summed E-state index contributed by atoms with van der Waals surface area (Å²) in [6.07, 6.45) is 2.22. The molecule has 0 spiro atoms. The fourth-order valence-corrected chi connectivity index (χ4v) is 3.56. The highest BCUT2D eigenvalue weighted by Gasteiger charge is 2.29. The Balaban J connectivity index is 2.07. The molecule has 0 radical (unpaired) electrons. The van der Waals surface area contributed by atoms with Crippen molar-refractivity contribution in [1.29, 1.82) is 0 Å². The lowest BCUT2D eigenvalue weighted by molar-refractivity contribution is -0.141. The van der Waals surface area contributed by atoms with Gasteiger partial charge in [0.2, 0.25) is 11.8 Å². The van der Waals surface area contributed by atoms with Crippen molar-refractivity contribution in [2.75, 3.05) is 6.61 Å². The lowest BCUT2D eigenvalue weighted by Crippen LogP contribution is -2.50. The second kappa shape index (κ2) is 13.1. The zero-order valence-corrected chi connectivity index (χ0v) is 20.3. The number of rotatable bonds is 12. The van der Waals surface area contributed by atoms with Crippen LogP contribution in [0.5, 0.6) is 5.75 Å². The Kier molecular flexibility index (Phi) is 10.5.